The van der Waals surface area contributed by atoms with Crippen LogP contribution in [0.3, 0.4) is 0 Å². The molecule has 0 unspecified atom stereocenters. The van der Waals surface area contributed by atoms with Crippen molar-refractivity contribution in [2.75, 3.05) is 18.1 Å². The Labute approximate surface area is 99.4 Å². The van der Waals surface area contributed by atoms with Crippen LogP contribution in [0.25, 0.3) is 0 Å². The molecular weight excluding hydrogens is 198 g/mol. The predicted molar refractivity (Wildman–Crippen MR) is 69.2 cm³/mol. The van der Waals surface area contributed by atoms with E-state index in [4.69, 9.17) is 0 Å². The average Bonchev–Trinajstić information content (AvgIpc) is 2.81. The Morgan fingerprint density at radius 3 is 2.06 bits per heavy atom. The maximum atomic E-state index is 4.32. The van der Waals surface area contributed by atoms with E-state index < -0.39 is 0 Å². The summed E-state index contributed by atoms with van der Waals surface area (Å²) >= 11 is 0. The molecule has 3 heteroatoms. The topological polar surface area (TPSA) is 21.1 Å². The van der Waals surface area contributed by atoms with Crippen LogP contribution in [-0.2, 0) is 0 Å². The smallest absolute Gasteiger partial charge is 0.0510 e. The molecule has 0 aliphatic rings. The van der Waals surface area contributed by atoms with E-state index in [0.29, 0.717) is 0 Å². The van der Waals surface area contributed by atoms with Gasteiger partial charge in [-0.1, -0.05) is 39.5 Å². The van der Waals surface area contributed by atoms with Gasteiger partial charge in [-0.05, 0) is 18.9 Å². The summed E-state index contributed by atoms with van der Waals surface area (Å²) in [4.78, 5) is 1.99. The zero-order chi connectivity index (χ0) is 11.6. The molecule has 0 aromatic carbocycles. The second-order valence-corrected chi connectivity index (χ2v) is 4.29. The minimum Gasteiger partial charge on any atom is -0.297 e. The molecule has 3 nitrogen and oxygen atoms in total. The minimum atomic E-state index is 1.12. The monoisotopic (exact) mass is 223 g/mol. The van der Waals surface area contributed by atoms with Crippen molar-refractivity contribution < 1.29 is 0 Å². The van der Waals surface area contributed by atoms with Gasteiger partial charge in [0.15, 0.2) is 0 Å². The standard InChI is InChI=1S/C13H25N3/c1-3-5-7-11-15(12-8-6-4-2)16-13-9-10-14-16/h9-10,13H,3-8,11-12H2,1-2H3. The third kappa shape index (κ3) is 4.69. The fourth-order valence-corrected chi connectivity index (χ4v) is 1.83. The molecule has 92 valence electrons. The fraction of sp³-hybridized carbons (Fsp3) is 0.769. The second-order valence-electron chi connectivity index (χ2n) is 4.29. The molecule has 0 bridgehead atoms. The zero-order valence-corrected chi connectivity index (χ0v) is 10.7. The summed E-state index contributed by atoms with van der Waals surface area (Å²) in [6.45, 7) is 6.74. The Balaban J connectivity index is 2.36. The molecule has 1 rings (SSSR count). The van der Waals surface area contributed by atoms with Crippen molar-refractivity contribution in [1.29, 1.82) is 0 Å². The van der Waals surface area contributed by atoms with Crippen LogP contribution in [0.15, 0.2) is 18.5 Å². The number of rotatable bonds is 9. The van der Waals surface area contributed by atoms with Crippen LogP contribution in [0.4, 0.5) is 0 Å². The van der Waals surface area contributed by atoms with Gasteiger partial charge in [0.05, 0.1) is 6.20 Å². The van der Waals surface area contributed by atoms with Crippen molar-refractivity contribution in [3.8, 4) is 0 Å². The summed E-state index contributed by atoms with van der Waals surface area (Å²) in [6.07, 6.45) is 11.6. The van der Waals surface area contributed by atoms with Crippen molar-refractivity contribution in [3.63, 3.8) is 0 Å². The molecule has 0 aliphatic heterocycles. The third-order valence-corrected chi connectivity index (χ3v) is 2.82. The first-order valence-corrected chi connectivity index (χ1v) is 6.63. The first-order chi connectivity index (χ1) is 7.88. The van der Waals surface area contributed by atoms with Gasteiger partial charge in [0.25, 0.3) is 0 Å². The molecule has 0 N–H and O–H groups in total. The van der Waals surface area contributed by atoms with E-state index in [-0.39, 0.29) is 0 Å². The summed E-state index contributed by atoms with van der Waals surface area (Å²) < 4.78 is 0. The van der Waals surface area contributed by atoms with Crippen molar-refractivity contribution in [2.45, 2.75) is 52.4 Å². The maximum absolute atomic E-state index is 4.32. The van der Waals surface area contributed by atoms with E-state index >= 15 is 0 Å². The van der Waals surface area contributed by atoms with Crippen molar-refractivity contribution in [1.82, 2.24) is 9.89 Å². The van der Waals surface area contributed by atoms with Gasteiger partial charge in [-0.2, -0.15) is 9.89 Å². The molecule has 16 heavy (non-hydrogen) atoms. The highest BCUT2D eigenvalue weighted by Crippen LogP contribution is 2.02. The lowest BCUT2D eigenvalue weighted by atomic mass is 10.2. The molecule has 0 radical (unpaired) electrons. The number of hydrogen-bond acceptors (Lipinski definition) is 2. The Hall–Kier alpha value is -0.990. The molecule has 0 amide bonds. The largest absolute Gasteiger partial charge is 0.297 e. The van der Waals surface area contributed by atoms with Crippen molar-refractivity contribution in [3.05, 3.63) is 18.5 Å². The van der Waals surface area contributed by atoms with E-state index in [0.717, 1.165) is 13.1 Å². The van der Waals surface area contributed by atoms with Gasteiger partial charge in [0.1, 0.15) is 0 Å². The lowest BCUT2D eigenvalue weighted by molar-refractivity contribution is 0.491. The van der Waals surface area contributed by atoms with E-state index in [9.17, 15) is 0 Å². The highest BCUT2D eigenvalue weighted by Gasteiger charge is 2.04. The van der Waals surface area contributed by atoms with Crippen LogP contribution in [0.2, 0.25) is 0 Å². The number of nitrogens with zero attached hydrogens (tertiary/aromatic N) is 3. The van der Waals surface area contributed by atoms with E-state index in [2.05, 4.69) is 24.0 Å². The molecule has 1 aromatic rings. The summed E-state index contributed by atoms with van der Waals surface area (Å²) in [6, 6.07) is 1.99. The molecule has 0 saturated carbocycles. The van der Waals surface area contributed by atoms with Crippen molar-refractivity contribution in [2.24, 2.45) is 0 Å². The predicted octanol–water partition coefficient (Wildman–Crippen LogP) is 3.20. The lowest BCUT2D eigenvalue weighted by Crippen LogP contribution is -2.36. The molecular formula is C13H25N3. The van der Waals surface area contributed by atoms with Crippen molar-refractivity contribution >= 4 is 0 Å². The molecule has 0 saturated heterocycles. The highest BCUT2D eigenvalue weighted by atomic mass is 15.6. The summed E-state index contributed by atoms with van der Waals surface area (Å²) in [5.41, 5.74) is 0. The van der Waals surface area contributed by atoms with Crippen LogP contribution >= 0.6 is 0 Å². The Morgan fingerprint density at radius 2 is 1.62 bits per heavy atom. The van der Waals surface area contributed by atoms with Crippen LogP contribution in [-0.4, -0.2) is 23.0 Å². The normalized spacial score (nSPS) is 10.6. The molecule has 0 atom stereocenters. The molecule has 1 heterocycles. The van der Waals surface area contributed by atoms with Crippen LogP contribution in [0.1, 0.15) is 52.4 Å². The van der Waals surface area contributed by atoms with E-state index in [1.54, 1.807) is 0 Å². The summed E-state index contributed by atoms with van der Waals surface area (Å²) in [5.74, 6) is 0. The summed E-state index contributed by atoms with van der Waals surface area (Å²) in [7, 11) is 0. The van der Waals surface area contributed by atoms with Gasteiger partial charge < -0.3 is 0 Å². The van der Waals surface area contributed by atoms with Gasteiger partial charge in [0, 0.05) is 19.3 Å². The zero-order valence-electron chi connectivity index (χ0n) is 10.7. The molecule has 0 aliphatic carbocycles. The fourth-order valence-electron chi connectivity index (χ4n) is 1.83. The van der Waals surface area contributed by atoms with Crippen LogP contribution in [0.5, 0.6) is 0 Å². The van der Waals surface area contributed by atoms with E-state index in [1.165, 1.54) is 38.5 Å². The van der Waals surface area contributed by atoms with E-state index in [1.807, 2.05) is 23.3 Å². The number of hydrogen-bond donors (Lipinski definition) is 0. The first-order valence-electron chi connectivity index (χ1n) is 6.63. The minimum absolute atomic E-state index is 1.12. The maximum Gasteiger partial charge on any atom is 0.0510 e. The molecule has 0 spiro atoms. The molecule has 0 fully saturated rings. The number of unbranched alkanes of at least 4 members (excludes halogenated alkanes) is 4. The quantitative estimate of drug-likeness (QED) is 0.599. The van der Waals surface area contributed by atoms with Gasteiger partial charge in [-0.25, -0.2) is 0 Å². The van der Waals surface area contributed by atoms with Gasteiger partial charge >= 0.3 is 0 Å². The Bertz CT molecular complexity index is 234. The second kappa shape index (κ2) is 8.20. The first kappa shape index (κ1) is 13.1. The number of aromatic nitrogens is 2. The SMILES string of the molecule is CCCCCN(CCCCC)n1cccn1. The average molecular weight is 223 g/mol. The van der Waals surface area contributed by atoms with Crippen LogP contribution in [0, 0.1) is 0 Å². The third-order valence-electron chi connectivity index (χ3n) is 2.82. The van der Waals surface area contributed by atoms with Crippen LogP contribution < -0.4 is 5.01 Å². The lowest BCUT2D eigenvalue weighted by Gasteiger charge is -2.24. The van der Waals surface area contributed by atoms with Gasteiger partial charge in [-0.15, -0.1) is 0 Å². The summed E-state index contributed by atoms with van der Waals surface area (Å²) in [5, 5.41) is 6.67. The van der Waals surface area contributed by atoms with Gasteiger partial charge in [0.2, 0.25) is 0 Å². The Morgan fingerprint density at radius 1 is 1.00 bits per heavy atom. The molecule has 1 aromatic heterocycles. The Kier molecular flexibility index (Phi) is 6.70. The highest BCUT2D eigenvalue weighted by molar-refractivity contribution is 4.88. The van der Waals surface area contributed by atoms with Gasteiger partial charge in [-0.3, -0.25) is 5.01 Å².